The number of hydrogen-bond donors (Lipinski definition) is 1. The first-order chi connectivity index (χ1) is 8.25. The maximum Gasteiger partial charge on any atom is 0.272 e. The van der Waals surface area contributed by atoms with Crippen molar-refractivity contribution < 1.29 is 0 Å². The summed E-state index contributed by atoms with van der Waals surface area (Å²) in [4.78, 5) is 15.4. The molecule has 17 heavy (non-hydrogen) atoms. The molecule has 0 aliphatic heterocycles. The molecule has 0 atom stereocenters. The van der Waals surface area contributed by atoms with Gasteiger partial charge in [0.2, 0.25) is 0 Å². The summed E-state index contributed by atoms with van der Waals surface area (Å²) < 4.78 is 3.09. The summed E-state index contributed by atoms with van der Waals surface area (Å²) in [6.07, 6.45) is 5.03. The van der Waals surface area contributed by atoms with Gasteiger partial charge < -0.3 is 4.98 Å². The molecule has 2 heterocycles. The van der Waals surface area contributed by atoms with Crippen molar-refractivity contribution in [3.8, 4) is 0 Å². The minimum atomic E-state index is 0.0747. The van der Waals surface area contributed by atoms with Gasteiger partial charge >= 0.3 is 0 Å². The number of hydrogen-bond acceptors (Lipinski definition) is 3. The Kier molecular flexibility index (Phi) is 2.88. The van der Waals surface area contributed by atoms with Crippen molar-refractivity contribution in [2.45, 2.75) is 32.2 Å². The fraction of sp³-hybridized carbons (Fsp3) is 0.500. The van der Waals surface area contributed by atoms with Crippen LogP contribution in [0.5, 0.6) is 0 Å². The van der Waals surface area contributed by atoms with Crippen LogP contribution in [0.15, 0.2) is 16.2 Å². The Morgan fingerprint density at radius 2 is 2.24 bits per heavy atom. The molecule has 1 aliphatic carbocycles. The second-order valence-electron chi connectivity index (χ2n) is 4.66. The molecule has 1 saturated carbocycles. The van der Waals surface area contributed by atoms with E-state index in [1.807, 2.05) is 11.4 Å². The van der Waals surface area contributed by atoms with Crippen LogP contribution in [0.1, 0.15) is 25.7 Å². The number of rotatable bonds is 2. The molecule has 0 radical (unpaired) electrons. The highest BCUT2D eigenvalue weighted by Gasteiger charge is 2.17. The van der Waals surface area contributed by atoms with E-state index in [9.17, 15) is 4.79 Å². The third kappa shape index (κ3) is 1.98. The van der Waals surface area contributed by atoms with Crippen LogP contribution in [0.2, 0.25) is 0 Å². The first-order valence-corrected chi connectivity index (χ1v) is 7.25. The summed E-state index contributed by atoms with van der Waals surface area (Å²) in [5, 5.41) is 1.93. The molecular weight excluding hydrogens is 252 g/mol. The van der Waals surface area contributed by atoms with Crippen molar-refractivity contribution in [2.24, 2.45) is 5.92 Å². The smallest absolute Gasteiger partial charge is 0.272 e. The van der Waals surface area contributed by atoms with E-state index >= 15 is 0 Å². The second-order valence-corrected chi connectivity index (χ2v) is 5.96. The van der Waals surface area contributed by atoms with Gasteiger partial charge in [0.25, 0.3) is 5.56 Å². The van der Waals surface area contributed by atoms with Crippen LogP contribution in [-0.2, 0) is 6.54 Å². The normalized spacial score (nSPS) is 16.9. The number of aromatic nitrogens is 2. The topological polar surface area (TPSA) is 37.8 Å². The van der Waals surface area contributed by atoms with Crippen molar-refractivity contribution in [1.82, 2.24) is 9.55 Å². The summed E-state index contributed by atoms with van der Waals surface area (Å²) in [6.45, 7) is 0.780. The molecule has 0 spiro atoms. The van der Waals surface area contributed by atoms with E-state index in [1.165, 1.54) is 37.0 Å². The molecule has 0 saturated heterocycles. The quantitative estimate of drug-likeness (QED) is 0.847. The minimum absolute atomic E-state index is 0.0747. The van der Waals surface area contributed by atoms with E-state index in [2.05, 4.69) is 4.98 Å². The summed E-state index contributed by atoms with van der Waals surface area (Å²) in [5.41, 5.74) is 0.943. The molecule has 0 bridgehead atoms. The highest BCUT2D eigenvalue weighted by molar-refractivity contribution is 7.71. The van der Waals surface area contributed by atoms with Crippen molar-refractivity contribution in [3.05, 3.63) is 26.6 Å². The van der Waals surface area contributed by atoms with Gasteiger partial charge in [0, 0.05) is 6.54 Å². The zero-order valence-corrected chi connectivity index (χ0v) is 11.1. The molecule has 1 N–H and O–H groups in total. The van der Waals surface area contributed by atoms with E-state index in [4.69, 9.17) is 12.2 Å². The summed E-state index contributed by atoms with van der Waals surface area (Å²) >= 11 is 6.76. The second kappa shape index (κ2) is 4.38. The zero-order chi connectivity index (χ0) is 11.8. The van der Waals surface area contributed by atoms with Crippen LogP contribution in [-0.4, -0.2) is 9.55 Å². The number of nitrogens with zero attached hydrogens (tertiary/aromatic N) is 1. The van der Waals surface area contributed by atoms with Crippen molar-refractivity contribution >= 4 is 33.8 Å². The Labute approximate surface area is 108 Å². The number of H-pyrrole nitrogens is 1. The molecule has 0 unspecified atom stereocenters. The lowest BCUT2D eigenvalue weighted by atomic mass is 10.1. The van der Waals surface area contributed by atoms with Gasteiger partial charge in [-0.3, -0.25) is 9.36 Å². The summed E-state index contributed by atoms with van der Waals surface area (Å²) in [6, 6.07) is 1.91. The summed E-state index contributed by atoms with van der Waals surface area (Å²) in [5.74, 6) is 0.625. The van der Waals surface area contributed by atoms with Crippen molar-refractivity contribution in [3.63, 3.8) is 0 Å². The standard InChI is InChI=1S/C12H14N2OS2/c15-11-10-9(5-6-17-10)13-12(16)14(11)7-8-3-1-2-4-8/h5-6,8H,1-4,7H2,(H,13,16). The van der Waals surface area contributed by atoms with Crippen LogP contribution in [0.25, 0.3) is 10.2 Å². The number of thiophene rings is 1. The Morgan fingerprint density at radius 3 is 3.00 bits per heavy atom. The van der Waals surface area contributed by atoms with Gasteiger partial charge in [-0.2, -0.15) is 0 Å². The third-order valence-electron chi connectivity index (χ3n) is 3.51. The fourth-order valence-electron chi connectivity index (χ4n) is 2.59. The largest absolute Gasteiger partial charge is 0.331 e. The highest BCUT2D eigenvalue weighted by atomic mass is 32.1. The third-order valence-corrected chi connectivity index (χ3v) is 4.73. The number of aromatic amines is 1. The minimum Gasteiger partial charge on any atom is -0.331 e. The Balaban J connectivity index is 2.08. The number of fused-ring (bicyclic) bond motifs is 1. The molecule has 0 aromatic carbocycles. The summed E-state index contributed by atoms with van der Waals surface area (Å²) in [7, 11) is 0. The molecule has 0 amide bonds. The fourth-order valence-corrected chi connectivity index (χ4v) is 3.65. The first kappa shape index (κ1) is 11.2. The van der Waals surface area contributed by atoms with Crippen LogP contribution < -0.4 is 5.56 Å². The molecule has 3 nitrogen and oxygen atoms in total. The van der Waals surface area contributed by atoms with Crippen molar-refractivity contribution in [1.29, 1.82) is 0 Å². The average molecular weight is 266 g/mol. The van der Waals surface area contributed by atoms with Gasteiger partial charge in [-0.05, 0) is 42.4 Å². The molecule has 2 aromatic rings. The molecule has 5 heteroatoms. The Morgan fingerprint density at radius 1 is 1.47 bits per heavy atom. The van der Waals surface area contributed by atoms with Crippen LogP contribution in [0.4, 0.5) is 0 Å². The Hall–Kier alpha value is -0.940. The predicted octanol–water partition coefficient (Wildman–Crippen LogP) is 3.31. The van der Waals surface area contributed by atoms with Crippen LogP contribution in [0, 0.1) is 10.7 Å². The Bertz CT molecular complexity index is 646. The monoisotopic (exact) mass is 266 g/mol. The van der Waals surface area contributed by atoms with E-state index in [0.717, 1.165) is 16.8 Å². The lowest BCUT2D eigenvalue weighted by Crippen LogP contribution is -2.24. The van der Waals surface area contributed by atoms with Gasteiger partial charge in [0.15, 0.2) is 4.77 Å². The lowest BCUT2D eigenvalue weighted by molar-refractivity contribution is 0.444. The molecule has 1 aliphatic rings. The average Bonchev–Trinajstić information content (AvgIpc) is 2.94. The predicted molar refractivity (Wildman–Crippen MR) is 73.2 cm³/mol. The van der Waals surface area contributed by atoms with Gasteiger partial charge in [-0.25, -0.2) is 0 Å². The van der Waals surface area contributed by atoms with E-state index in [-0.39, 0.29) is 5.56 Å². The van der Waals surface area contributed by atoms with Crippen LogP contribution >= 0.6 is 23.6 Å². The first-order valence-electron chi connectivity index (χ1n) is 5.96. The van der Waals surface area contributed by atoms with Gasteiger partial charge in [-0.15, -0.1) is 11.3 Å². The van der Waals surface area contributed by atoms with Gasteiger partial charge in [0.1, 0.15) is 4.70 Å². The van der Waals surface area contributed by atoms with Crippen LogP contribution in [0.3, 0.4) is 0 Å². The molecule has 3 rings (SSSR count). The SMILES string of the molecule is O=c1c2sccc2[nH]c(=S)n1CC1CCCC1. The van der Waals surface area contributed by atoms with E-state index < -0.39 is 0 Å². The molecular formula is C12H14N2OS2. The molecule has 2 aromatic heterocycles. The van der Waals surface area contributed by atoms with E-state index in [1.54, 1.807) is 4.57 Å². The lowest BCUT2D eigenvalue weighted by Gasteiger charge is -2.11. The molecule has 90 valence electrons. The van der Waals surface area contributed by atoms with Gasteiger partial charge in [0.05, 0.1) is 5.52 Å². The maximum absolute atomic E-state index is 12.3. The number of nitrogens with one attached hydrogen (secondary N) is 1. The maximum atomic E-state index is 12.3. The highest BCUT2D eigenvalue weighted by Crippen LogP contribution is 2.26. The molecule has 1 fully saturated rings. The van der Waals surface area contributed by atoms with Crippen molar-refractivity contribution in [2.75, 3.05) is 0 Å². The van der Waals surface area contributed by atoms with E-state index in [0.29, 0.717) is 10.7 Å². The van der Waals surface area contributed by atoms with Gasteiger partial charge in [-0.1, -0.05) is 12.8 Å². The zero-order valence-electron chi connectivity index (χ0n) is 9.44.